The van der Waals surface area contributed by atoms with Crippen LogP contribution in [-0.2, 0) is 9.05 Å². The molecule has 0 aliphatic heterocycles. The second-order valence-corrected chi connectivity index (χ2v) is 5.25. The summed E-state index contributed by atoms with van der Waals surface area (Å²) in [4.78, 5) is 21.6. The first-order valence-corrected chi connectivity index (χ1v) is 6.23. The zero-order chi connectivity index (χ0) is 13.9. The van der Waals surface area contributed by atoms with Crippen molar-refractivity contribution in [2.45, 2.75) is 4.90 Å². The Morgan fingerprint density at radius 1 is 1.33 bits per heavy atom. The van der Waals surface area contributed by atoms with Crippen LogP contribution in [0.4, 0.5) is 0 Å². The van der Waals surface area contributed by atoms with Crippen molar-refractivity contribution in [2.75, 3.05) is 0 Å². The molecule has 92 valence electrons. The second-order valence-electron chi connectivity index (χ2n) is 2.72. The van der Waals surface area contributed by atoms with Crippen LogP contribution in [0.15, 0.2) is 36.0 Å². The maximum atomic E-state index is 11.3. The molecule has 0 unspecified atom stereocenters. The molecule has 0 amide bonds. The zero-order valence-corrected chi connectivity index (χ0v) is 9.75. The lowest BCUT2D eigenvalue weighted by Gasteiger charge is -1.94. The summed E-state index contributed by atoms with van der Waals surface area (Å²) in [6.07, 6.45) is 0. The molecule has 0 saturated carbocycles. The van der Waals surface area contributed by atoms with E-state index < -0.39 is 35.5 Å². The highest BCUT2D eigenvalue weighted by molar-refractivity contribution is 8.13. The molecule has 1 aromatic carbocycles. The van der Waals surface area contributed by atoms with Gasteiger partial charge in [-0.3, -0.25) is 14.8 Å². The number of halogens is 1. The van der Waals surface area contributed by atoms with Crippen LogP contribution in [0.3, 0.4) is 0 Å². The molecule has 1 rings (SSSR count). The molecular formula is C6HClN6O4S. The molecule has 0 bridgehead atoms. The minimum absolute atomic E-state index is 0.394. The van der Waals surface area contributed by atoms with E-state index in [-0.39, 0.29) is 0 Å². The molecule has 10 nitrogen and oxygen atoms in total. The van der Waals surface area contributed by atoms with Crippen molar-refractivity contribution >= 4 is 19.7 Å². The van der Waals surface area contributed by atoms with Gasteiger partial charge >= 0.3 is 5.08 Å². The number of benzene rings is 1. The van der Waals surface area contributed by atoms with Gasteiger partial charge in [0.25, 0.3) is 14.4 Å². The molecule has 18 heavy (non-hydrogen) atoms. The topological polar surface area (TPSA) is 156 Å². The van der Waals surface area contributed by atoms with Crippen molar-refractivity contribution in [2.24, 2.45) is 15.4 Å². The van der Waals surface area contributed by atoms with Gasteiger partial charge in [-0.25, -0.2) is 8.42 Å². The summed E-state index contributed by atoms with van der Waals surface area (Å²) in [5.74, 6) is 0. The molecule has 0 saturated heterocycles. The number of rotatable bonds is 2. The predicted molar refractivity (Wildman–Crippen MR) is 56.4 cm³/mol. The van der Waals surface area contributed by atoms with Crippen molar-refractivity contribution in [1.29, 1.82) is 5.39 Å². The minimum atomic E-state index is -4.45. The van der Waals surface area contributed by atoms with E-state index >= 15 is 0 Å². The van der Waals surface area contributed by atoms with E-state index in [4.69, 9.17) is 21.6 Å². The Labute approximate surface area is 102 Å². The van der Waals surface area contributed by atoms with E-state index in [1.807, 2.05) is 0 Å². The smallest absolute Gasteiger partial charge is 0.339 e. The molecule has 12 heteroatoms. The van der Waals surface area contributed by atoms with Crippen LogP contribution in [0.25, 0.3) is 10.6 Å². The first-order valence-electron chi connectivity index (χ1n) is 3.92. The van der Waals surface area contributed by atoms with Gasteiger partial charge in [0.15, 0.2) is 10.5 Å². The summed E-state index contributed by atoms with van der Waals surface area (Å²) in [7, 11) is 0.559. The highest BCUT2D eigenvalue weighted by Gasteiger charge is 2.19. The van der Waals surface area contributed by atoms with E-state index in [1.54, 1.807) is 0 Å². The zero-order valence-electron chi connectivity index (χ0n) is 8.18. The molecule has 0 atom stereocenters. The standard InChI is InChI=1S/C6HClN6O4S/c7-18(16,17)3-1-2(14)6(15)5(11-13-9)4(3)10-12-8/h1H. The van der Waals surface area contributed by atoms with E-state index in [2.05, 4.69) is 20.5 Å². The Balaban J connectivity index is 4.29. The first kappa shape index (κ1) is 13.7. The SMILES string of the molecule is N#[N+]N=c1c(S(=O)(=O)Cl)cc(=O)c(=O)c1=NN=[N-]. The van der Waals surface area contributed by atoms with Crippen molar-refractivity contribution in [1.82, 2.24) is 0 Å². The van der Waals surface area contributed by atoms with Crippen LogP contribution >= 0.6 is 10.7 Å². The average molecular weight is 289 g/mol. The van der Waals surface area contributed by atoms with E-state index in [1.165, 1.54) is 0 Å². The molecule has 0 heterocycles. The molecule has 0 aliphatic carbocycles. The quantitative estimate of drug-likeness (QED) is 0.218. The van der Waals surface area contributed by atoms with Crippen LogP contribution in [0.2, 0.25) is 0 Å². The van der Waals surface area contributed by atoms with Gasteiger partial charge in [0.1, 0.15) is 4.90 Å². The summed E-state index contributed by atoms with van der Waals surface area (Å²) in [6, 6.07) is 0.394. The first-order chi connectivity index (χ1) is 8.32. The van der Waals surface area contributed by atoms with Crippen LogP contribution in [0.5, 0.6) is 0 Å². The molecular weight excluding hydrogens is 288 g/mol. The third-order valence-corrected chi connectivity index (χ3v) is 3.05. The Kier molecular flexibility index (Phi) is 3.74. The fourth-order valence-electron chi connectivity index (χ4n) is 1.06. The van der Waals surface area contributed by atoms with Gasteiger partial charge in [0.2, 0.25) is 10.9 Å². The Morgan fingerprint density at radius 3 is 2.39 bits per heavy atom. The van der Waals surface area contributed by atoms with Crippen molar-refractivity contribution in [3.63, 3.8) is 0 Å². The lowest BCUT2D eigenvalue weighted by Crippen LogP contribution is -2.49. The highest BCUT2D eigenvalue weighted by Crippen LogP contribution is 2.05. The number of nitrogens with zero attached hydrogens (tertiary/aromatic N) is 6. The van der Waals surface area contributed by atoms with E-state index in [0.29, 0.717) is 6.07 Å². The Morgan fingerprint density at radius 2 is 1.94 bits per heavy atom. The summed E-state index contributed by atoms with van der Waals surface area (Å²) in [6.45, 7) is 0. The number of hydrogen-bond donors (Lipinski definition) is 0. The van der Waals surface area contributed by atoms with E-state index in [0.717, 1.165) is 0 Å². The molecule has 1 aromatic rings. The third kappa shape index (κ3) is 2.50. The highest BCUT2D eigenvalue weighted by atomic mass is 35.7. The van der Waals surface area contributed by atoms with Crippen LogP contribution in [0, 0.1) is 5.39 Å². The van der Waals surface area contributed by atoms with Crippen LogP contribution in [0.1, 0.15) is 0 Å². The second kappa shape index (κ2) is 4.90. The molecule has 0 aliphatic rings. The maximum Gasteiger partial charge on any atom is 0.339 e. The summed E-state index contributed by atoms with van der Waals surface area (Å²) in [5.41, 5.74) is 5.67. The fraction of sp³-hybridized carbons (Fsp3) is 0. The van der Waals surface area contributed by atoms with Gasteiger partial charge in [-0.2, -0.15) is 0 Å². The van der Waals surface area contributed by atoms with Gasteiger partial charge in [0.05, 0.1) is 5.36 Å². The predicted octanol–water partition coefficient (Wildman–Crippen LogP) is -1.28. The molecule has 0 aromatic heterocycles. The average Bonchev–Trinajstić information content (AvgIpc) is 2.27. The number of hydrogen-bond acceptors (Lipinski definition) is 7. The Bertz CT molecular complexity index is 873. The van der Waals surface area contributed by atoms with Crippen molar-refractivity contribution in [3.8, 4) is 0 Å². The van der Waals surface area contributed by atoms with Gasteiger partial charge in [-0.1, -0.05) is 0 Å². The fourth-order valence-corrected chi connectivity index (χ4v) is 2.03. The normalized spacial score (nSPS) is 13.3. The summed E-state index contributed by atoms with van der Waals surface area (Å²) in [5, 5.41) is 16.8. The molecule has 0 N–H and O–H groups in total. The van der Waals surface area contributed by atoms with Gasteiger partial charge in [0, 0.05) is 16.7 Å². The molecule has 0 radical (unpaired) electrons. The maximum absolute atomic E-state index is 11.3. The van der Waals surface area contributed by atoms with Gasteiger partial charge in [-0.05, 0) is 0 Å². The lowest BCUT2D eigenvalue weighted by atomic mass is 10.3. The summed E-state index contributed by atoms with van der Waals surface area (Å²) < 4.78 is 22.3. The van der Waals surface area contributed by atoms with Crippen LogP contribution < -0.4 is 21.6 Å². The summed E-state index contributed by atoms with van der Waals surface area (Å²) >= 11 is 0. The third-order valence-electron chi connectivity index (χ3n) is 1.71. The molecule has 0 spiro atoms. The monoisotopic (exact) mass is 288 g/mol. The van der Waals surface area contributed by atoms with Crippen molar-refractivity contribution < 1.29 is 8.42 Å². The molecule has 0 fully saturated rings. The van der Waals surface area contributed by atoms with Gasteiger partial charge in [-0.15, -0.1) is 0 Å². The number of diazo groups is 1. The minimum Gasteiger partial charge on any atom is -0.362 e. The largest absolute Gasteiger partial charge is 0.362 e. The Hall–Kier alpha value is -2.32. The van der Waals surface area contributed by atoms with Crippen LogP contribution in [-0.4, -0.2) is 8.42 Å². The van der Waals surface area contributed by atoms with Crippen molar-refractivity contribution in [3.05, 3.63) is 47.8 Å². The van der Waals surface area contributed by atoms with Gasteiger partial charge < -0.3 is 10.6 Å². The lowest BCUT2D eigenvalue weighted by molar-refractivity contribution is 0.608. The van der Waals surface area contributed by atoms with E-state index in [9.17, 15) is 18.0 Å².